The number of thiazole rings is 1. The van der Waals surface area contributed by atoms with E-state index < -0.39 is 0 Å². The number of aromatic nitrogens is 1. The maximum absolute atomic E-state index is 4.53. The van der Waals surface area contributed by atoms with Gasteiger partial charge in [0.15, 0.2) is 0 Å². The van der Waals surface area contributed by atoms with Crippen molar-refractivity contribution in [2.24, 2.45) is 5.92 Å². The fourth-order valence-corrected chi connectivity index (χ4v) is 3.41. The zero-order valence-corrected chi connectivity index (χ0v) is 13.6. The molecule has 1 N–H and O–H groups in total. The van der Waals surface area contributed by atoms with Crippen molar-refractivity contribution in [1.29, 1.82) is 0 Å². The fourth-order valence-electron chi connectivity index (χ4n) is 2.78. The van der Waals surface area contributed by atoms with Gasteiger partial charge in [-0.1, -0.05) is 12.1 Å². The summed E-state index contributed by atoms with van der Waals surface area (Å²) in [6.45, 7) is 5.59. The van der Waals surface area contributed by atoms with E-state index in [0.717, 1.165) is 23.2 Å². The third-order valence-corrected chi connectivity index (χ3v) is 5.01. The highest BCUT2D eigenvalue weighted by atomic mass is 32.1. The minimum atomic E-state index is 0.807. The van der Waals surface area contributed by atoms with Gasteiger partial charge < -0.3 is 10.2 Å². The SMILES string of the molecule is Cc1nc(-c2ccc(NCC3CCN(C)CC3)cc2)cs1. The van der Waals surface area contributed by atoms with Crippen molar-refractivity contribution < 1.29 is 0 Å². The molecule has 1 fully saturated rings. The molecule has 4 heteroatoms. The molecular formula is C17H23N3S. The molecule has 3 nitrogen and oxygen atoms in total. The average Bonchev–Trinajstić information content (AvgIpc) is 2.94. The highest BCUT2D eigenvalue weighted by Crippen LogP contribution is 2.23. The Kier molecular flexibility index (Phi) is 4.56. The maximum Gasteiger partial charge on any atom is 0.0901 e. The normalized spacial score (nSPS) is 17.0. The van der Waals surface area contributed by atoms with Crippen LogP contribution >= 0.6 is 11.3 Å². The van der Waals surface area contributed by atoms with Crippen LogP contribution in [0.1, 0.15) is 17.8 Å². The predicted molar refractivity (Wildman–Crippen MR) is 91.0 cm³/mol. The second kappa shape index (κ2) is 6.58. The van der Waals surface area contributed by atoms with Crippen LogP contribution in [0, 0.1) is 12.8 Å². The highest BCUT2D eigenvalue weighted by Gasteiger charge is 2.16. The Morgan fingerprint density at radius 1 is 1.24 bits per heavy atom. The first-order chi connectivity index (χ1) is 10.2. The molecule has 112 valence electrons. The second-order valence-electron chi connectivity index (χ2n) is 5.96. The van der Waals surface area contributed by atoms with Crippen LogP contribution in [0.4, 0.5) is 5.69 Å². The summed E-state index contributed by atoms with van der Waals surface area (Å²) < 4.78 is 0. The summed E-state index contributed by atoms with van der Waals surface area (Å²) in [6, 6.07) is 8.65. The summed E-state index contributed by atoms with van der Waals surface area (Å²) in [5.74, 6) is 0.807. The Labute approximate surface area is 131 Å². The van der Waals surface area contributed by atoms with Gasteiger partial charge in [-0.3, -0.25) is 0 Å². The summed E-state index contributed by atoms with van der Waals surface area (Å²) in [4.78, 5) is 6.95. The molecule has 1 aromatic heterocycles. The quantitative estimate of drug-likeness (QED) is 0.929. The predicted octanol–water partition coefficient (Wildman–Crippen LogP) is 3.87. The number of rotatable bonds is 4. The zero-order chi connectivity index (χ0) is 14.7. The number of anilines is 1. The molecule has 0 amide bonds. The van der Waals surface area contributed by atoms with Gasteiger partial charge in [0.05, 0.1) is 10.7 Å². The summed E-state index contributed by atoms with van der Waals surface area (Å²) in [5, 5.41) is 6.82. The standard InChI is InChI=1S/C17H23N3S/c1-13-19-17(12-21-13)15-3-5-16(6-4-15)18-11-14-7-9-20(2)10-8-14/h3-6,12,14,18H,7-11H2,1-2H3. The van der Waals surface area contributed by atoms with Gasteiger partial charge in [0.2, 0.25) is 0 Å². The number of aryl methyl sites for hydroxylation is 1. The zero-order valence-electron chi connectivity index (χ0n) is 12.8. The summed E-state index contributed by atoms with van der Waals surface area (Å²) >= 11 is 1.70. The molecule has 2 heterocycles. The Balaban J connectivity index is 1.55. The van der Waals surface area contributed by atoms with Crippen molar-refractivity contribution in [2.75, 3.05) is 32.0 Å². The van der Waals surface area contributed by atoms with E-state index in [2.05, 4.69) is 51.9 Å². The lowest BCUT2D eigenvalue weighted by Crippen LogP contribution is -2.32. The maximum atomic E-state index is 4.53. The van der Waals surface area contributed by atoms with Crippen LogP contribution in [0.5, 0.6) is 0 Å². The number of nitrogens with one attached hydrogen (secondary N) is 1. The summed E-state index contributed by atoms with van der Waals surface area (Å²) in [5.41, 5.74) is 3.49. The number of likely N-dealkylation sites (tertiary alicyclic amines) is 1. The van der Waals surface area contributed by atoms with Crippen molar-refractivity contribution in [1.82, 2.24) is 9.88 Å². The van der Waals surface area contributed by atoms with Crippen LogP contribution in [0.15, 0.2) is 29.6 Å². The lowest BCUT2D eigenvalue weighted by molar-refractivity contribution is 0.226. The first kappa shape index (κ1) is 14.5. The molecule has 3 rings (SSSR count). The molecule has 0 radical (unpaired) electrons. The molecule has 1 aliphatic rings. The van der Waals surface area contributed by atoms with Crippen LogP contribution < -0.4 is 5.32 Å². The molecule has 0 unspecified atom stereocenters. The number of piperidine rings is 1. The number of benzene rings is 1. The van der Waals surface area contributed by atoms with E-state index in [1.165, 1.54) is 37.2 Å². The molecule has 0 spiro atoms. The van der Waals surface area contributed by atoms with Crippen LogP contribution in [-0.2, 0) is 0 Å². The van der Waals surface area contributed by atoms with Gasteiger partial charge in [-0.2, -0.15) is 0 Å². The number of hydrogen-bond acceptors (Lipinski definition) is 4. The van der Waals surface area contributed by atoms with Crippen LogP contribution in [0.25, 0.3) is 11.3 Å². The van der Waals surface area contributed by atoms with Crippen molar-refractivity contribution in [3.05, 3.63) is 34.7 Å². The third-order valence-electron chi connectivity index (χ3n) is 4.23. The summed E-state index contributed by atoms with van der Waals surface area (Å²) in [7, 11) is 2.21. The molecule has 1 saturated heterocycles. The van der Waals surface area contributed by atoms with Gasteiger partial charge in [-0.15, -0.1) is 11.3 Å². The monoisotopic (exact) mass is 301 g/mol. The van der Waals surface area contributed by atoms with E-state index in [-0.39, 0.29) is 0 Å². The molecule has 0 aliphatic carbocycles. The van der Waals surface area contributed by atoms with Gasteiger partial charge in [0.1, 0.15) is 0 Å². The molecular weight excluding hydrogens is 278 g/mol. The lowest BCUT2D eigenvalue weighted by Gasteiger charge is -2.29. The third kappa shape index (κ3) is 3.83. The van der Waals surface area contributed by atoms with Crippen molar-refractivity contribution >= 4 is 17.0 Å². The van der Waals surface area contributed by atoms with Crippen molar-refractivity contribution in [3.63, 3.8) is 0 Å². The number of hydrogen-bond donors (Lipinski definition) is 1. The van der Waals surface area contributed by atoms with E-state index in [1.54, 1.807) is 11.3 Å². The Bertz CT molecular complexity index is 568. The summed E-state index contributed by atoms with van der Waals surface area (Å²) in [6.07, 6.45) is 2.61. The molecule has 1 aromatic carbocycles. The Morgan fingerprint density at radius 3 is 2.57 bits per heavy atom. The van der Waals surface area contributed by atoms with Crippen molar-refractivity contribution in [2.45, 2.75) is 19.8 Å². The molecule has 0 saturated carbocycles. The van der Waals surface area contributed by atoms with E-state index in [4.69, 9.17) is 0 Å². The molecule has 0 bridgehead atoms. The van der Waals surface area contributed by atoms with Crippen LogP contribution in [-0.4, -0.2) is 36.6 Å². The van der Waals surface area contributed by atoms with Crippen LogP contribution in [0.2, 0.25) is 0 Å². The molecule has 21 heavy (non-hydrogen) atoms. The minimum absolute atomic E-state index is 0.807. The lowest BCUT2D eigenvalue weighted by atomic mass is 9.97. The number of nitrogens with zero attached hydrogens (tertiary/aromatic N) is 2. The molecule has 1 aliphatic heterocycles. The van der Waals surface area contributed by atoms with Crippen LogP contribution in [0.3, 0.4) is 0 Å². The first-order valence-electron chi connectivity index (χ1n) is 7.66. The van der Waals surface area contributed by atoms with E-state index >= 15 is 0 Å². The topological polar surface area (TPSA) is 28.2 Å². The van der Waals surface area contributed by atoms with E-state index in [0.29, 0.717) is 0 Å². The van der Waals surface area contributed by atoms with Crippen molar-refractivity contribution in [3.8, 4) is 11.3 Å². The molecule has 2 aromatic rings. The molecule has 0 atom stereocenters. The first-order valence-corrected chi connectivity index (χ1v) is 8.53. The minimum Gasteiger partial charge on any atom is -0.385 e. The van der Waals surface area contributed by atoms with Gasteiger partial charge in [0.25, 0.3) is 0 Å². The van der Waals surface area contributed by atoms with Gasteiger partial charge >= 0.3 is 0 Å². The largest absolute Gasteiger partial charge is 0.385 e. The van der Waals surface area contributed by atoms with E-state index in [9.17, 15) is 0 Å². The Morgan fingerprint density at radius 2 is 1.95 bits per heavy atom. The van der Waals surface area contributed by atoms with E-state index in [1.807, 2.05) is 6.92 Å². The fraction of sp³-hybridized carbons (Fsp3) is 0.471. The average molecular weight is 301 g/mol. The van der Waals surface area contributed by atoms with Gasteiger partial charge in [-0.05, 0) is 58.0 Å². The smallest absolute Gasteiger partial charge is 0.0901 e. The van der Waals surface area contributed by atoms with Gasteiger partial charge in [-0.25, -0.2) is 4.98 Å². The Hall–Kier alpha value is -1.39. The second-order valence-corrected chi connectivity index (χ2v) is 7.02. The van der Waals surface area contributed by atoms with Gasteiger partial charge in [0, 0.05) is 23.2 Å². The highest BCUT2D eigenvalue weighted by molar-refractivity contribution is 7.09.